The molecule has 4 N–H and O–H groups in total. The molecule has 1 atom stereocenters. The van der Waals surface area contributed by atoms with Crippen LogP contribution in [-0.2, 0) is 0 Å². The van der Waals surface area contributed by atoms with Gasteiger partial charge in [-0.15, -0.1) is 0 Å². The van der Waals surface area contributed by atoms with Gasteiger partial charge >= 0.3 is 5.69 Å². The van der Waals surface area contributed by atoms with Crippen LogP contribution in [0, 0.1) is 10.1 Å². The topological polar surface area (TPSA) is 131 Å². The first-order chi connectivity index (χ1) is 8.49. The summed E-state index contributed by atoms with van der Waals surface area (Å²) >= 11 is 0. The zero-order valence-corrected chi connectivity index (χ0v) is 9.49. The fraction of sp³-hybridized carbons (Fsp3) is 0.200. The van der Waals surface area contributed by atoms with Crippen LogP contribution in [0.3, 0.4) is 0 Å². The Kier molecular flexibility index (Phi) is 2.94. The fourth-order valence-corrected chi connectivity index (χ4v) is 1.42. The summed E-state index contributed by atoms with van der Waals surface area (Å²) in [4.78, 5) is 14.1. The zero-order chi connectivity index (χ0) is 13.3. The summed E-state index contributed by atoms with van der Waals surface area (Å²) in [7, 11) is 0. The van der Waals surface area contributed by atoms with Crippen LogP contribution in [0.2, 0.25) is 0 Å². The van der Waals surface area contributed by atoms with E-state index in [-0.39, 0.29) is 11.7 Å². The Morgan fingerprint density at radius 3 is 2.83 bits per heavy atom. The summed E-state index contributed by atoms with van der Waals surface area (Å²) in [6.07, 6.45) is 0. The lowest BCUT2D eigenvalue weighted by Gasteiger charge is -1.99. The van der Waals surface area contributed by atoms with Gasteiger partial charge in [-0.1, -0.05) is 0 Å². The molecule has 0 fully saturated rings. The van der Waals surface area contributed by atoms with Crippen molar-refractivity contribution in [3.63, 3.8) is 0 Å². The standard InChI is InChI=1S/C10H11N5O3/c1-5(11)9-12-10(14-13-9)6-2-3-8(16)7(4-6)15(17)18/h2-5,16H,11H2,1H3,(H,12,13,14). The number of aromatic amines is 1. The summed E-state index contributed by atoms with van der Waals surface area (Å²) in [6, 6.07) is 3.63. The zero-order valence-electron chi connectivity index (χ0n) is 9.49. The third-order valence-electron chi connectivity index (χ3n) is 2.36. The lowest BCUT2D eigenvalue weighted by atomic mass is 10.2. The Bertz CT molecular complexity index is 593. The Hall–Kier alpha value is -2.48. The minimum absolute atomic E-state index is 0.297. The maximum Gasteiger partial charge on any atom is 0.311 e. The van der Waals surface area contributed by atoms with Crippen molar-refractivity contribution in [2.24, 2.45) is 5.73 Å². The van der Waals surface area contributed by atoms with Crippen molar-refractivity contribution in [2.75, 3.05) is 0 Å². The van der Waals surface area contributed by atoms with Gasteiger partial charge in [0.2, 0.25) is 0 Å². The number of H-pyrrole nitrogens is 1. The monoisotopic (exact) mass is 249 g/mol. The van der Waals surface area contributed by atoms with Crippen LogP contribution in [-0.4, -0.2) is 25.2 Å². The highest BCUT2D eigenvalue weighted by Crippen LogP contribution is 2.29. The molecule has 2 rings (SSSR count). The van der Waals surface area contributed by atoms with Crippen molar-refractivity contribution in [3.05, 3.63) is 34.1 Å². The van der Waals surface area contributed by atoms with E-state index >= 15 is 0 Å². The molecule has 1 unspecified atom stereocenters. The average molecular weight is 249 g/mol. The van der Waals surface area contributed by atoms with Crippen molar-refractivity contribution in [1.82, 2.24) is 15.2 Å². The number of benzene rings is 1. The van der Waals surface area contributed by atoms with E-state index in [1.54, 1.807) is 6.92 Å². The van der Waals surface area contributed by atoms with Crippen LogP contribution in [0.25, 0.3) is 11.4 Å². The number of phenols is 1. The molecule has 0 aliphatic heterocycles. The van der Waals surface area contributed by atoms with Crippen LogP contribution in [0.5, 0.6) is 5.75 Å². The van der Waals surface area contributed by atoms with E-state index in [0.717, 1.165) is 0 Å². The van der Waals surface area contributed by atoms with Gasteiger partial charge in [-0.05, 0) is 19.1 Å². The highest BCUT2D eigenvalue weighted by molar-refractivity contribution is 5.63. The molecule has 0 aliphatic rings. The number of aromatic nitrogens is 3. The number of nitrogens with two attached hydrogens (primary N) is 1. The number of phenolic OH excluding ortho intramolecular Hbond substituents is 1. The molecular weight excluding hydrogens is 238 g/mol. The minimum atomic E-state index is -0.669. The molecule has 8 heteroatoms. The van der Waals surface area contributed by atoms with E-state index in [2.05, 4.69) is 15.2 Å². The maximum absolute atomic E-state index is 10.7. The molecule has 8 nitrogen and oxygen atoms in total. The number of rotatable bonds is 3. The van der Waals surface area contributed by atoms with Crippen LogP contribution in [0.1, 0.15) is 18.8 Å². The van der Waals surface area contributed by atoms with Gasteiger partial charge in [0.05, 0.1) is 11.0 Å². The maximum atomic E-state index is 10.7. The minimum Gasteiger partial charge on any atom is -0.502 e. The van der Waals surface area contributed by atoms with E-state index in [1.807, 2.05) is 0 Å². The molecule has 0 bridgehead atoms. The van der Waals surface area contributed by atoms with E-state index in [0.29, 0.717) is 17.2 Å². The molecule has 0 saturated heterocycles. The van der Waals surface area contributed by atoms with Gasteiger partial charge in [-0.2, -0.15) is 5.10 Å². The Morgan fingerprint density at radius 2 is 2.28 bits per heavy atom. The van der Waals surface area contributed by atoms with E-state index in [4.69, 9.17) is 5.73 Å². The lowest BCUT2D eigenvalue weighted by molar-refractivity contribution is -0.385. The summed E-state index contributed by atoms with van der Waals surface area (Å²) in [6.45, 7) is 1.74. The molecule has 2 aromatic rings. The summed E-state index contributed by atoms with van der Waals surface area (Å²) in [5.41, 5.74) is 5.67. The molecule has 1 heterocycles. The van der Waals surface area contributed by atoms with Crippen molar-refractivity contribution in [2.45, 2.75) is 13.0 Å². The van der Waals surface area contributed by atoms with Gasteiger partial charge in [-0.3, -0.25) is 15.2 Å². The fourth-order valence-electron chi connectivity index (χ4n) is 1.42. The first-order valence-corrected chi connectivity index (χ1v) is 5.14. The number of hydrogen-bond donors (Lipinski definition) is 3. The second kappa shape index (κ2) is 4.41. The summed E-state index contributed by atoms with van der Waals surface area (Å²) < 4.78 is 0. The van der Waals surface area contributed by atoms with Gasteiger partial charge in [0.15, 0.2) is 11.6 Å². The van der Waals surface area contributed by atoms with Crippen molar-refractivity contribution in [3.8, 4) is 17.1 Å². The van der Waals surface area contributed by atoms with Crippen LogP contribution >= 0.6 is 0 Å². The van der Waals surface area contributed by atoms with Gasteiger partial charge in [0, 0.05) is 11.6 Å². The Labute approximate surface area is 102 Å². The number of nitro groups is 1. The van der Waals surface area contributed by atoms with Crippen LogP contribution in [0.4, 0.5) is 5.69 Å². The number of hydrogen-bond acceptors (Lipinski definition) is 6. The lowest BCUT2D eigenvalue weighted by Crippen LogP contribution is -2.06. The molecule has 18 heavy (non-hydrogen) atoms. The molecule has 0 saturated carbocycles. The molecule has 1 aromatic carbocycles. The largest absolute Gasteiger partial charge is 0.502 e. The number of nitro benzene ring substituents is 1. The smallest absolute Gasteiger partial charge is 0.311 e. The highest BCUT2D eigenvalue weighted by atomic mass is 16.6. The Morgan fingerprint density at radius 1 is 1.56 bits per heavy atom. The molecule has 0 aliphatic carbocycles. The third kappa shape index (κ3) is 2.13. The highest BCUT2D eigenvalue weighted by Gasteiger charge is 2.16. The van der Waals surface area contributed by atoms with Gasteiger partial charge in [-0.25, -0.2) is 4.98 Å². The average Bonchev–Trinajstić information content (AvgIpc) is 2.78. The van der Waals surface area contributed by atoms with Crippen LogP contribution < -0.4 is 5.73 Å². The predicted molar refractivity (Wildman–Crippen MR) is 62.7 cm³/mol. The quantitative estimate of drug-likeness (QED) is 0.551. The van der Waals surface area contributed by atoms with E-state index in [9.17, 15) is 15.2 Å². The second-order valence-electron chi connectivity index (χ2n) is 3.79. The number of nitrogens with one attached hydrogen (secondary N) is 1. The molecule has 0 amide bonds. The van der Waals surface area contributed by atoms with Crippen molar-refractivity contribution >= 4 is 5.69 Å². The summed E-state index contributed by atoms with van der Waals surface area (Å²) in [5, 5.41) is 26.6. The van der Waals surface area contributed by atoms with Crippen molar-refractivity contribution in [1.29, 1.82) is 0 Å². The SMILES string of the molecule is CC(N)c1nc(-c2ccc(O)c([N+](=O)[O-])c2)n[nH]1. The molecule has 0 spiro atoms. The molecule has 0 radical (unpaired) electrons. The molecular formula is C10H11N5O3. The first-order valence-electron chi connectivity index (χ1n) is 5.14. The first kappa shape index (κ1) is 12.0. The van der Waals surface area contributed by atoms with Gasteiger partial charge < -0.3 is 10.8 Å². The molecule has 1 aromatic heterocycles. The van der Waals surface area contributed by atoms with Crippen molar-refractivity contribution < 1.29 is 10.0 Å². The Balaban J connectivity index is 2.44. The normalized spacial score (nSPS) is 12.3. The van der Waals surface area contributed by atoms with Gasteiger partial charge in [0.25, 0.3) is 0 Å². The second-order valence-corrected chi connectivity index (χ2v) is 3.79. The third-order valence-corrected chi connectivity index (χ3v) is 2.36. The molecule has 94 valence electrons. The number of nitrogens with zero attached hydrogens (tertiary/aromatic N) is 3. The van der Waals surface area contributed by atoms with E-state index < -0.39 is 10.7 Å². The van der Waals surface area contributed by atoms with Gasteiger partial charge in [0.1, 0.15) is 5.82 Å². The van der Waals surface area contributed by atoms with E-state index in [1.165, 1.54) is 18.2 Å². The predicted octanol–water partition coefficient (Wildman–Crippen LogP) is 1.11. The van der Waals surface area contributed by atoms with Crippen LogP contribution in [0.15, 0.2) is 18.2 Å². The summed E-state index contributed by atoms with van der Waals surface area (Å²) in [5.74, 6) is 0.387. The number of aromatic hydroxyl groups is 1.